The summed E-state index contributed by atoms with van der Waals surface area (Å²) in [7, 11) is 0. The standard InChI is InChI=1S/C12H26N2S/c1-9(2)12(13)5-6-14-7-10(3)15-11(4)8-14/h9-12H,5-8,13H2,1-4H3. The fraction of sp³-hybridized carbons (Fsp3) is 1.00. The van der Waals surface area contributed by atoms with Gasteiger partial charge in [0, 0.05) is 29.6 Å². The number of hydrogen-bond acceptors (Lipinski definition) is 3. The molecule has 0 radical (unpaired) electrons. The van der Waals surface area contributed by atoms with E-state index >= 15 is 0 Å². The molecule has 1 heterocycles. The Morgan fingerprint density at radius 1 is 1.27 bits per heavy atom. The monoisotopic (exact) mass is 230 g/mol. The van der Waals surface area contributed by atoms with E-state index in [9.17, 15) is 0 Å². The SMILES string of the molecule is CC1CN(CCC(N)C(C)C)CC(C)S1. The van der Waals surface area contributed by atoms with Gasteiger partial charge in [0.2, 0.25) is 0 Å². The van der Waals surface area contributed by atoms with Crippen LogP contribution in [0.25, 0.3) is 0 Å². The predicted molar refractivity (Wildman–Crippen MR) is 70.4 cm³/mol. The Morgan fingerprint density at radius 2 is 1.80 bits per heavy atom. The van der Waals surface area contributed by atoms with E-state index in [1.807, 2.05) is 0 Å². The minimum atomic E-state index is 0.366. The number of rotatable bonds is 4. The van der Waals surface area contributed by atoms with E-state index in [1.165, 1.54) is 19.6 Å². The van der Waals surface area contributed by atoms with Crippen LogP contribution in [0.2, 0.25) is 0 Å². The summed E-state index contributed by atoms with van der Waals surface area (Å²) >= 11 is 2.11. The third-order valence-corrected chi connectivity index (χ3v) is 4.36. The molecule has 1 saturated heterocycles. The van der Waals surface area contributed by atoms with E-state index in [0.717, 1.165) is 16.9 Å². The Labute approximate surface area is 99.0 Å². The Balaban J connectivity index is 2.26. The summed E-state index contributed by atoms with van der Waals surface area (Å²) in [6.07, 6.45) is 1.14. The van der Waals surface area contributed by atoms with Crippen molar-refractivity contribution in [1.29, 1.82) is 0 Å². The van der Waals surface area contributed by atoms with Gasteiger partial charge in [0.25, 0.3) is 0 Å². The largest absolute Gasteiger partial charge is 0.327 e. The lowest BCUT2D eigenvalue weighted by atomic mass is 10.0. The second-order valence-electron chi connectivity index (χ2n) is 5.21. The van der Waals surface area contributed by atoms with Crippen molar-refractivity contribution in [3.05, 3.63) is 0 Å². The summed E-state index contributed by atoms with van der Waals surface area (Å²) in [6.45, 7) is 12.7. The van der Waals surface area contributed by atoms with Crippen LogP contribution in [0.5, 0.6) is 0 Å². The van der Waals surface area contributed by atoms with Gasteiger partial charge in [-0.1, -0.05) is 27.7 Å². The number of nitrogens with zero attached hydrogens (tertiary/aromatic N) is 1. The average Bonchev–Trinajstić information content (AvgIpc) is 2.12. The van der Waals surface area contributed by atoms with Gasteiger partial charge >= 0.3 is 0 Å². The molecule has 1 rings (SSSR count). The van der Waals surface area contributed by atoms with Crippen LogP contribution in [-0.4, -0.2) is 41.1 Å². The molecule has 1 fully saturated rings. The fourth-order valence-electron chi connectivity index (χ4n) is 2.13. The first-order valence-electron chi connectivity index (χ1n) is 6.12. The van der Waals surface area contributed by atoms with Crippen molar-refractivity contribution in [2.75, 3.05) is 19.6 Å². The molecule has 3 unspecified atom stereocenters. The number of thioether (sulfide) groups is 1. The molecule has 1 aliphatic heterocycles. The molecule has 3 heteroatoms. The molecule has 0 aromatic heterocycles. The molecule has 90 valence electrons. The molecule has 0 aromatic rings. The second kappa shape index (κ2) is 6.12. The van der Waals surface area contributed by atoms with E-state index in [2.05, 4.69) is 44.4 Å². The summed E-state index contributed by atoms with van der Waals surface area (Å²) in [5.41, 5.74) is 6.07. The van der Waals surface area contributed by atoms with Crippen LogP contribution in [0, 0.1) is 5.92 Å². The van der Waals surface area contributed by atoms with Crippen LogP contribution < -0.4 is 5.73 Å². The van der Waals surface area contributed by atoms with E-state index in [-0.39, 0.29) is 0 Å². The van der Waals surface area contributed by atoms with Crippen LogP contribution in [0.15, 0.2) is 0 Å². The molecule has 3 atom stereocenters. The van der Waals surface area contributed by atoms with Gasteiger partial charge in [0.1, 0.15) is 0 Å². The normalized spacial score (nSPS) is 30.8. The maximum atomic E-state index is 6.07. The summed E-state index contributed by atoms with van der Waals surface area (Å²) in [4.78, 5) is 2.58. The maximum absolute atomic E-state index is 6.07. The molecule has 0 aliphatic carbocycles. The van der Waals surface area contributed by atoms with Crippen LogP contribution in [0.1, 0.15) is 34.1 Å². The molecule has 1 aliphatic rings. The van der Waals surface area contributed by atoms with Gasteiger partial charge in [-0.3, -0.25) is 0 Å². The minimum absolute atomic E-state index is 0.366. The molecule has 15 heavy (non-hydrogen) atoms. The number of nitrogens with two attached hydrogens (primary N) is 1. The Kier molecular flexibility index (Phi) is 5.44. The van der Waals surface area contributed by atoms with Crippen molar-refractivity contribution >= 4 is 11.8 Å². The third kappa shape index (κ3) is 4.75. The molecular weight excluding hydrogens is 204 g/mol. The van der Waals surface area contributed by atoms with Crippen LogP contribution in [-0.2, 0) is 0 Å². The van der Waals surface area contributed by atoms with Gasteiger partial charge < -0.3 is 10.6 Å². The first kappa shape index (κ1) is 13.3. The van der Waals surface area contributed by atoms with Crippen molar-refractivity contribution < 1.29 is 0 Å². The fourth-order valence-corrected chi connectivity index (χ4v) is 3.52. The average molecular weight is 230 g/mol. The Bertz CT molecular complexity index is 174. The molecule has 0 amide bonds. The molecular formula is C12H26N2S. The number of hydrogen-bond donors (Lipinski definition) is 1. The smallest absolute Gasteiger partial charge is 0.0149 e. The van der Waals surface area contributed by atoms with Gasteiger partial charge in [-0.25, -0.2) is 0 Å². The lowest BCUT2D eigenvalue weighted by Crippen LogP contribution is -2.42. The highest BCUT2D eigenvalue weighted by atomic mass is 32.2. The molecule has 2 N–H and O–H groups in total. The highest BCUT2D eigenvalue weighted by Gasteiger charge is 2.22. The minimum Gasteiger partial charge on any atom is -0.327 e. The molecule has 0 bridgehead atoms. The molecule has 2 nitrogen and oxygen atoms in total. The summed E-state index contributed by atoms with van der Waals surface area (Å²) < 4.78 is 0. The topological polar surface area (TPSA) is 29.3 Å². The summed E-state index contributed by atoms with van der Waals surface area (Å²) in [5.74, 6) is 0.610. The second-order valence-corrected chi connectivity index (χ2v) is 7.10. The first-order valence-corrected chi connectivity index (χ1v) is 7.06. The molecule has 0 aromatic carbocycles. The zero-order valence-electron chi connectivity index (χ0n) is 10.6. The molecule has 0 saturated carbocycles. The quantitative estimate of drug-likeness (QED) is 0.803. The van der Waals surface area contributed by atoms with Gasteiger partial charge in [0.15, 0.2) is 0 Å². The zero-order valence-corrected chi connectivity index (χ0v) is 11.4. The third-order valence-electron chi connectivity index (χ3n) is 3.13. The maximum Gasteiger partial charge on any atom is 0.0149 e. The van der Waals surface area contributed by atoms with E-state index in [4.69, 9.17) is 5.73 Å². The van der Waals surface area contributed by atoms with Crippen molar-refractivity contribution in [2.45, 2.75) is 50.7 Å². The summed E-state index contributed by atoms with van der Waals surface area (Å²) in [5, 5.41) is 1.56. The van der Waals surface area contributed by atoms with Gasteiger partial charge in [-0.15, -0.1) is 0 Å². The van der Waals surface area contributed by atoms with E-state index in [0.29, 0.717) is 12.0 Å². The van der Waals surface area contributed by atoms with Crippen molar-refractivity contribution in [3.63, 3.8) is 0 Å². The van der Waals surface area contributed by atoms with E-state index < -0.39 is 0 Å². The Morgan fingerprint density at radius 3 is 2.27 bits per heavy atom. The highest BCUT2D eigenvalue weighted by molar-refractivity contribution is 8.00. The van der Waals surface area contributed by atoms with Crippen molar-refractivity contribution in [1.82, 2.24) is 4.90 Å². The first-order chi connectivity index (χ1) is 6.99. The van der Waals surface area contributed by atoms with Gasteiger partial charge in [-0.05, 0) is 18.9 Å². The van der Waals surface area contributed by atoms with Crippen LogP contribution in [0.3, 0.4) is 0 Å². The zero-order chi connectivity index (χ0) is 11.4. The molecule has 0 spiro atoms. The lowest BCUT2D eigenvalue weighted by molar-refractivity contribution is 0.252. The Hall–Kier alpha value is 0.270. The van der Waals surface area contributed by atoms with Crippen molar-refractivity contribution in [2.24, 2.45) is 11.7 Å². The van der Waals surface area contributed by atoms with Gasteiger partial charge in [0.05, 0.1) is 0 Å². The lowest BCUT2D eigenvalue weighted by Gasteiger charge is -2.35. The van der Waals surface area contributed by atoms with Crippen LogP contribution >= 0.6 is 11.8 Å². The summed E-state index contributed by atoms with van der Waals surface area (Å²) in [6, 6.07) is 0.366. The van der Waals surface area contributed by atoms with Crippen molar-refractivity contribution in [3.8, 4) is 0 Å². The van der Waals surface area contributed by atoms with Gasteiger partial charge in [-0.2, -0.15) is 11.8 Å². The highest BCUT2D eigenvalue weighted by Crippen LogP contribution is 2.24. The predicted octanol–water partition coefficient (Wildman–Crippen LogP) is 2.19. The van der Waals surface area contributed by atoms with Crippen LogP contribution in [0.4, 0.5) is 0 Å². The van der Waals surface area contributed by atoms with E-state index in [1.54, 1.807) is 0 Å².